The molecule has 0 aliphatic rings. The highest BCUT2D eigenvalue weighted by molar-refractivity contribution is 7.11. The first kappa shape index (κ1) is 17.3. The van der Waals surface area contributed by atoms with Crippen molar-refractivity contribution in [2.24, 2.45) is 0 Å². The van der Waals surface area contributed by atoms with Crippen LogP contribution < -0.4 is 5.32 Å². The number of non-ortho nitro benzene ring substituents is 1. The molecule has 8 heteroatoms. The summed E-state index contributed by atoms with van der Waals surface area (Å²) in [5.41, 5.74) is 1.56. The molecule has 6 nitrogen and oxygen atoms in total. The number of hydrogen-bond acceptors (Lipinski definition) is 6. The SMILES string of the molecule is N#CC(=CNc1ccccc1F)c1nc(-c2cccc([N+](=O)[O-])c2)cs1. The highest BCUT2D eigenvalue weighted by Crippen LogP contribution is 2.28. The number of thiazole rings is 1. The molecule has 0 fully saturated rings. The smallest absolute Gasteiger partial charge is 0.270 e. The number of aromatic nitrogens is 1. The summed E-state index contributed by atoms with van der Waals surface area (Å²) < 4.78 is 13.6. The molecular formula is C18H11FN4O2S. The van der Waals surface area contributed by atoms with Crippen LogP contribution in [0.5, 0.6) is 0 Å². The molecule has 3 aromatic rings. The van der Waals surface area contributed by atoms with Gasteiger partial charge in [-0.1, -0.05) is 24.3 Å². The predicted molar refractivity (Wildman–Crippen MR) is 97.8 cm³/mol. The minimum atomic E-state index is -0.476. The van der Waals surface area contributed by atoms with Crippen molar-refractivity contribution in [3.63, 3.8) is 0 Å². The fraction of sp³-hybridized carbons (Fsp3) is 0. The Hall–Kier alpha value is -3.57. The van der Waals surface area contributed by atoms with Crippen molar-refractivity contribution in [2.75, 3.05) is 5.32 Å². The molecule has 1 aromatic heterocycles. The van der Waals surface area contributed by atoms with Crippen molar-refractivity contribution >= 4 is 28.3 Å². The zero-order chi connectivity index (χ0) is 18.5. The normalized spacial score (nSPS) is 11.0. The molecule has 3 rings (SSSR count). The van der Waals surface area contributed by atoms with Gasteiger partial charge in [0.25, 0.3) is 5.69 Å². The number of para-hydroxylation sites is 1. The molecule has 0 unspecified atom stereocenters. The van der Waals surface area contributed by atoms with Crippen LogP contribution in [0.3, 0.4) is 0 Å². The molecule has 0 spiro atoms. The molecule has 0 aliphatic heterocycles. The minimum absolute atomic E-state index is 0.0330. The lowest BCUT2D eigenvalue weighted by Crippen LogP contribution is -1.93. The van der Waals surface area contributed by atoms with E-state index in [9.17, 15) is 19.8 Å². The predicted octanol–water partition coefficient (Wildman–Crippen LogP) is 4.83. The van der Waals surface area contributed by atoms with Gasteiger partial charge in [-0.2, -0.15) is 5.26 Å². The van der Waals surface area contributed by atoms with Gasteiger partial charge in [0.1, 0.15) is 22.5 Å². The summed E-state index contributed by atoms with van der Waals surface area (Å²) in [5, 5.41) is 25.1. The lowest BCUT2D eigenvalue weighted by Gasteiger charge is -2.02. The first-order valence-corrected chi connectivity index (χ1v) is 8.28. The Kier molecular flexibility index (Phi) is 5.01. The van der Waals surface area contributed by atoms with E-state index in [1.54, 1.807) is 35.7 Å². The molecule has 0 bridgehead atoms. The Bertz CT molecular complexity index is 1040. The molecule has 26 heavy (non-hydrogen) atoms. The monoisotopic (exact) mass is 366 g/mol. The number of nitrogens with one attached hydrogen (secondary N) is 1. The second kappa shape index (κ2) is 7.55. The van der Waals surface area contributed by atoms with E-state index in [-0.39, 0.29) is 16.9 Å². The summed E-state index contributed by atoms with van der Waals surface area (Å²) in [6, 6.07) is 14.2. The molecule has 1 N–H and O–H groups in total. The van der Waals surface area contributed by atoms with E-state index in [1.165, 1.54) is 35.7 Å². The third-order valence-electron chi connectivity index (χ3n) is 3.45. The van der Waals surface area contributed by atoms with Gasteiger partial charge >= 0.3 is 0 Å². The van der Waals surface area contributed by atoms with Crippen LogP contribution in [0.15, 0.2) is 60.1 Å². The van der Waals surface area contributed by atoms with E-state index in [0.717, 1.165) is 0 Å². The fourth-order valence-corrected chi connectivity index (χ4v) is 2.97. The number of nitriles is 1. The van der Waals surface area contributed by atoms with Crippen LogP contribution in [0.25, 0.3) is 16.8 Å². The molecule has 0 radical (unpaired) electrons. The van der Waals surface area contributed by atoms with Gasteiger partial charge < -0.3 is 5.32 Å². The summed E-state index contributed by atoms with van der Waals surface area (Å²) in [7, 11) is 0. The van der Waals surface area contributed by atoms with Gasteiger partial charge in [-0.15, -0.1) is 11.3 Å². The van der Waals surface area contributed by atoms with Gasteiger partial charge in [0, 0.05) is 29.3 Å². The Morgan fingerprint density at radius 2 is 2.12 bits per heavy atom. The van der Waals surface area contributed by atoms with Gasteiger partial charge in [-0.3, -0.25) is 10.1 Å². The molecular weight excluding hydrogens is 355 g/mol. The molecule has 0 amide bonds. The third kappa shape index (κ3) is 3.74. The Labute approximate surface area is 152 Å². The largest absolute Gasteiger partial charge is 0.358 e. The number of nitro benzene ring substituents is 1. The fourth-order valence-electron chi connectivity index (χ4n) is 2.18. The molecule has 0 saturated heterocycles. The zero-order valence-corrected chi connectivity index (χ0v) is 14.0. The van der Waals surface area contributed by atoms with Gasteiger partial charge in [0.05, 0.1) is 16.3 Å². The van der Waals surface area contributed by atoms with Gasteiger partial charge in [0.2, 0.25) is 0 Å². The number of nitro groups is 1. The number of allylic oxidation sites excluding steroid dienone is 1. The van der Waals surface area contributed by atoms with E-state index >= 15 is 0 Å². The van der Waals surface area contributed by atoms with Crippen LogP contribution in [-0.4, -0.2) is 9.91 Å². The van der Waals surface area contributed by atoms with Crippen molar-refractivity contribution in [1.82, 2.24) is 4.98 Å². The van der Waals surface area contributed by atoms with Gasteiger partial charge in [0.15, 0.2) is 0 Å². The zero-order valence-electron chi connectivity index (χ0n) is 13.2. The number of rotatable bonds is 5. The van der Waals surface area contributed by atoms with Crippen molar-refractivity contribution in [3.8, 4) is 17.3 Å². The van der Waals surface area contributed by atoms with Gasteiger partial charge in [-0.25, -0.2) is 9.37 Å². The molecule has 0 aliphatic carbocycles. The highest BCUT2D eigenvalue weighted by atomic mass is 32.1. The lowest BCUT2D eigenvalue weighted by atomic mass is 10.1. The van der Waals surface area contributed by atoms with Crippen LogP contribution in [0.1, 0.15) is 5.01 Å². The van der Waals surface area contributed by atoms with Crippen LogP contribution in [0.2, 0.25) is 0 Å². The Morgan fingerprint density at radius 1 is 1.31 bits per heavy atom. The molecule has 0 atom stereocenters. The maximum atomic E-state index is 13.6. The van der Waals surface area contributed by atoms with Crippen molar-refractivity contribution in [1.29, 1.82) is 5.26 Å². The van der Waals surface area contributed by atoms with Crippen LogP contribution >= 0.6 is 11.3 Å². The van der Waals surface area contributed by atoms with E-state index in [2.05, 4.69) is 10.3 Å². The molecule has 0 saturated carbocycles. The average Bonchev–Trinajstić information content (AvgIpc) is 3.14. The first-order chi connectivity index (χ1) is 12.6. The quantitative estimate of drug-likeness (QED) is 0.396. The van der Waals surface area contributed by atoms with E-state index in [4.69, 9.17) is 0 Å². The lowest BCUT2D eigenvalue weighted by molar-refractivity contribution is -0.384. The topological polar surface area (TPSA) is 91.8 Å². The summed E-state index contributed by atoms with van der Waals surface area (Å²) >= 11 is 1.23. The van der Waals surface area contributed by atoms with Crippen molar-refractivity contribution in [3.05, 3.63) is 81.1 Å². The average molecular weight is 366 g/mol. The number of anilines is 1. The van der Waals surface area contributed by atoms with Gasteiger partial charge in [-0.05, 0) is 12.1 Å². The second-order valence-electron chi connectivity index (χ2n) is 5.14. The summed E-state index contributed by atoms with van der Waals surface area (Å²) in [6.45, 7) is 0. The molecule has 2 aromatic carbocycles. The van der Waals surface area contributed by atoms with Crippen LogP contribution in [0, 0.1) is 27.3 Å². The molecule has 1 heterocycles. The standard InChI is InChI=1S/C18H11FN4O2S/c19-15-6-1-2-7-16(15)21-10-13(9-20)18-22-17(11-26-18)12-4-3-5-14(8-12)23(24)25/h1-8,10-11,21H. The maximum Gasteiger partial charge on any atom is 0.270 e. The highest BCUT2D eigenvalue weighted by Gasteiger charge is 2.12. The van der Waals surface area contributed by atoms with Crippen molar-refractivity contribution < 1.29 is 9.31 Å². The first-order valence-electron chi connectivity index (χ1n) is 7.40. The Balaban J connectivity index is 1.87. The van der Waals surface area contributed by atoms with E-state index in [0.29, 0.717) is 16.3 Å². The summed E-state index contributed by atoms with van der Waals surface area (Å²) in [5.74, 6) is -0.433. The Morgan fingerprint density at radius 3 is 2.85 bits per heavy atom. The second-order valence-corrected chi connectivity index (χ2v) is 6.00. The third-order valence-corrected chi connectivity index (χ3v) is 4.33. The van der Waals surface area contributed by atoms with Crippen molar-refractivity contribution in [2.45, 2.75) is 0 Å². The number of halogens is 1. The molecule has 128 valence electrons. The van der Waals surface area contributed by atoms with E-state index < -0.39 is 10.7 Å². The number of nitrogens with zero attached hydrogens (tertiary/aromatic N) is 3. The number of hydrogen-bond donors (Lipinski definition) is 1. The van der Waals surface area contributed by atoms with Crippen LogP contribution in [-0.2, 0) is 0 Å². The summed E-state index contributed by atoms with van der Waals surface area (Å²) in [6.07, 6.45) is 1.38. The van der Waals surface area contributed by atoms with E-state index in [1.807, 2.05) is 6.07 Å². The minimum Gasteiger partial charge on any atom is -0.358 e. The maximum absolute atomic E-state index is 13.6. The van der Waals surface area contributed by atoms with Crippen LogP contribution in [0.4, 0.5) is 15.8 Å². The summed E-state index contributed by atoms with van der Waals surface area (Å²) in [4.78, 5) is 14.8. The number of benzene rings is 2.